The zero-order chi connectivity index (χ0) is 13.1. The van der Waals surface area contributed by atoms with Gasteiger partial charge in [-0.2, -0.15) is 13.2 Å². The van der Waals surface area contributed by atoms with E-state index in [-0.39, 0.29) is 12.0 Å². The molecular formula is C11H10ClF3O2. The van der Waals surface area contributed by atoms with E-state index in [0.29, 0.717) is 0 Å². The Morgan fingerprint density at radius 2 is 2.00 bits per heavy atom. The maximum Gasteiger partial charge on any atom is 0.416 e. The molecule has 0 saturated carbocycles. The topological polar surface area (TPSA) is 26.3 Å². The van der Waals surface area contributed by atoms with Crippen molar-refractivity contribution in [1.82, 2.24) is 0 Å². The van der Waals surface area contributed by atoms with Gasteiger partial charge in [0.15, 0.2) is 0 Å². The molecule has 1 aromatic rings. The molecule has 1 atom stereocenters. The lowest BCUT2D eigenvalue weighted by Gasteiger charge is -2.14. The molecule has 1 aromatic carbocycles. The van der Waals surface area contributed by atoms with Crippen molar-refractivity contribution in [1.29, 1.82) is 0 Å². The first kappa shape index (κ1) is 13.8. The Labute approximate surface area is 101 Å². The molecule has 0 spiro atoms. The number of benzene rings is 1. The molecule has 17 heavy (non-hydrogen) atoms. The van der Waals surface area contributed by atoms with Gasteiger partial charge in [-0.05, 0) is 11.6 Å². The summed E-state index contributed by atoms with van der Waals surface area (Å²) in [6.45, 7) is 0. The molecule has 0 aliphatic rings. The minimum atomic E-state index is -4.46. The number of halogens is 4. The first-order valence-corrected chi connectivity index (χ1v) is 5.17. The second-order valence-corrected chi connectivity index (χ2v) is 3.88. The van der Waals surface area contributed by atoms with E-state index in [2.05, 4.69) is 4.74 Å². The van der Waals surface area contributed by atoms with Gasteiger partial charge in [0.25, 0.3) is 0 Å². The smallest absolute Gasteiger partial charge is 0.416 e. The highest BCUT2D eigenvalue weighted by Gasteiger charge is 2.33. The van der Waals surface area contributed by atoms with Gasteiger partial charge in [0, 0.05) is 6.42 Å². The standard InChI is InChI=1S/C11H10ClF3O2/c1-17-10(16)9(12)6-7-4-2-3-5-8(7)11(13,14)15/h2-5,9H,6H2,1H3. The van der Waals surface area contributed by atoms with Crippen LogP contribution < -0.4 is 0 Å². The van der Waals surface area contributed by atoms with Gasteiger partial charge in [0.1, 0.15) is 5.38 Å². The Morgan fingerprint density at radius 3 is 2.53 bits per heavy atom. The summed E-state index contributed by atoms with van der Waals surface area (Å²) in [5.74, 6) is -0.747. The van der Waals surface area contributed by atoms with Crippen molar-refractivity contribution in [2.75, 3.05) is 7.11 Å². The summed E-state index contributed by atoms with van der Waals surface area (Å²) in [6.07, 6.45) is -4.67. The van der Waals surface area contributed by atoms with Crippen LogP contribution in [0.3, 0.4) is 0 Å². The summed E-state index contributed by atoms with van der Waals surface area (Å²) in [5.41, 5.74) is -0.806. The van der Waals surface area contributed by atoms with Gasteiger partial charge in [-0.3, -0.25) is 4.79 Å². The van der Waals surface area contributed by atoms with Crippen LogP contribution in [0.1, 0.15) is 11.1 Å². The van der Waals surface area contributed by atoms with Crippen molar-refractivity contribution >= 4 is 17.6 Å². The summed E-state index contributed by atoms with van der Waals surface area (Å²) in [5, 5.41) is -1.12. The lowest BCUT2D eigenvalue weighted by molar-refractivity contribution is -0.141. The molecule has 1 unspecified atom stereocenters. The number of rotatable bonds is 3. The number of alkyl halides is 4. The highest BCUT2D eigenvalue weighted by molar-refractivity contribution is 6.30. The Kier molecular flexibility index (Phi) is 4.40. The Morgan fingerprint density at radius 1 is 1.41 bits per heavy atom. The molecule has 0 N–H and O–H groups in total. The lowest BCUT2D eigenvalue weighted by Crippen LogP contribution is -2.20. The summed E-state index contributed by atoms with van der Waals surface area (Å²) in [4.78, 5) is 11.0. The predicted octanol–water partition coefficient (Wildman–Crippen LogP) is 3.03. The van der Waals surface area contributed by atoms with Crippen molar-refractivity contribution < 1.29 is 22.7 Å². The largest absolute Gasteiger partial charge is 0.468 e. The monoisotopic (exact) mass is 266 g/mol. The third-order valence-corrected chi connectivity index (χ3v) is 2.51. The number of carbonyl (C=O) groups is 1. The van der Waals surface area contributed by atoms with E-state index in [1.165, 1.54) is 18.2 Å². The van der Waals surface area contributed by atoms with E-state index in [1.54, 1.807) is 0 Å². The van der Waals surface area contributed by atoms with Gasteiger partial charge in [0.05, 0.1) is 12.7 Å². The molecule has 0 heterocycles. The second kappa shape index (κ2) is 5.40. The summed E-state index contributed by atoms with van der Waals surface area (Å²) in [6, 6.07) is 5.00. The van der Waals surface area contributed by atoms with Gasteiger partial charge in [-0.15, -0.1) is 11.6 Å². The fourth-order valence-corrected chi connectivity index (χ4v) is 1.63. The molecule has 0 fully saturated rings. The van der Waals surface area contributed by atoms with Crippen LogP contribution in [-0.2, 0) is 22.1 Å². The van der Waals surface area contributed by atoms with Gasteiger partial charge in [-0.25, -0.2) is 0 Å². The molecule has 0 aliphatic carbocycles. The summed E-state index contributed by atoms with van der Waals surface area (Å²) >= 11 is 5.65. The van der Waals surface area contributed by atoms with E-state index in [0.717, 1.165) is 13.2 Å². The zero-order valence-corrected chi connectivity index (χ0v) is 9.68. The molecule has 94 valence electrons. The normalized spacial score (nSPS) is 13.2. The van der Waals surface area contributed by atoms with Gasteiger partial charge in [-0.1, -0.05) is 18.2 Å². The second-order valence-electron chi connectivity index (χ2n) is 3.35. The first-order chi connectivity index (χ1) is 7.86. The SMILES string of the molecule is COC(=O)C(Cl)Cc1ccccc1C(F)(F)F. The van der Waals surface area contributed by atoms with Crippen molar-refractivity contribution in [2.45, 2.75) is 18.0 Å². The van der Waals surface area contributed by atoms with Crippen LogP contribution in [0.2, 0.25) is 0 Å². The molecule has 0 aliphatic heterocycles. The number of hydrogen-bond acceptors (Lipinski definition) is 2. The molecule has 6 heteroatoms. The van der Waals surface area contributed by atoms with Gasteiger partial charge in [0.2, 0.25) is 0 Å². The van der Waals surface area contributed by atoms with Crippen LogP contribution in [0.4, 0.5) is 13.2 Å². The molecule has 0 aromatic heterocycles. The Bertz CT molecular complexity index is 404. The van der Waals surface area contributed by atoms with Gasteiger partial charge < -0.3 is 4.74 Å². The molecule has 0 radical (unpaired) electrons. The molecule has 0 saturated heterocycles. The molecular weight excluding hydrogens is 257 g/mol. The minimum absolute atomic E-state index is 0.0228. The lowest BCUT2D eigenvalue weighted by atomic mass is 10.0. The first-order valence-electron chi connectivity index (χ1n) is 4.73. The third-order valence-electron chi connectivity index (χ3n) is 2.18. The van der Waals surface area contributed by atoms with E-state index in [4.69, 9.17) is 11.6 Å². The highest BCUT2D eigenvalue weighted by Crippen LogP contribution is 2.32. The maximum absolute atomic E-state index is 12.6. The van der Waals surface area contributed by atoms with Gasteiger partial charge >= 0.3 is 12.1 Å². The fraction of sp³-hybridized carbons (Fsp3) is 0.364. The van der Waals surface area contributed by atoms with Crippen molar-refractivity contribution in [2.24, 2.45) is 0 Å². The predicted molar refractivity (Wildman–Crippen MR) is 56.8 cm³/mol. The Hall–Kier alpha value is -1.23. The number of hydrogen-bond donors (Lipinski definition) is 0. The van der Waals surface area contributed by atoms with Crippen LogP contribution in [0.25, 0.3) is 0 Å². The van der Waals surface area contributed by atoms with Crippen LogP contribution in [-0.4, -0.2) is 18.5 Å². The van der Waals surface area contributed by atoms with Crippen LogP contribution >= 0.6 is 11.6 Å². The highest BCUT2D eigenvalue weighted by atomic mass is 35.5. The summed E-state index contributed by atoms with van der Waals surface area (Å²) < 4.78 is 42.2. The molecule has 0 bridgehead atoms. The average Bonchev–Trinajstić information content (AvgIpc) is 2.27. The van der Waals surface area contributed by atoms with E-state index in [1.807, 2.05) is 0 Å². The minimum Gasteiger partial charge on any atom is -0.468 e. The summed E-state index contributed by atoms with van der Waals surface area (Å²) in [7, 11) is 1.13. The number of ether oxygens (including phenoxy) is 1. The number of esters is 1. The van der Waals surface area contributed by atoms with Crippen LogP contribution in [0.15, 0.2) is 24.3 Å². The van der Waals surface area contributed by atoms with Crippen molar-refractivity contribution in [3.8, 4) is 0 Å². The zero-order valence-electron chi connectivity index (χ0n) is 8.92. The third kappa shape index (κ3) is 3.63. The molecule has 1 rings (SSSR count). The van der Waals surface area contributed by atoms with Crippen LogP contribution in [0.5, 0.6) is 0 Å². The molecule has 2 nitrogen and oxygen atoms in total. The van der Waals surface area contributed by atoms with Crippen molar-refractivity contribution in [3.63, 3.8) is 0 Å². The quantitative estimate of drug-likeness (QED) is 0.621. The van der Waals surface area contributed by atoms with E-state index >= 15 is 0 Å². The fourth-order valence-electron chi connectivity index (χ4n) is 1.38. The number of carbonyl (C=O) groups excluding carboxylic acids is 1. The maximum atomic E-state index is 12.6. The van der Waals surface area contributed by atoms with E-state index in [9.17, 15) is 18.0 Å². The molecule has 0 amide bonds. The van der Waals surface area contributed by atoms with E-state index < -0.39 is 23.1 Å². The number of methoxy groups -OCH3 is 1. The van der Waals surface area contributed by atoms with Crippen molar-refractivity contribution in [3.05, 3.63) is 35.4 Å². The Balaban J connectivity index is 2.95. The average molecular weight is 267 g/mol. The van der Waals surface area contributed by atoms with Crippen LogP contribution in [0, 0.1) is 0 Å².